The molecule has 0 spiro atoms. The molecule has 0 atom stereocenters. The van der Waals surface area contributed by atoms with Gasteiger partial charge in [0.15, 0.2) is 17.3 Å². The number of ether oxygens (including phenoxy) is 2. The van der Waals surface area contributed by atoms with Gasteiger partial charge in [0.25, 0.3) is 10.0 Å². The smallest absolute Gasteiger partial charge is 0.261 e. The van der Waals surface area contributed by atoms with Crippen LogP contribution in [0.25, 0.3) is 0 Å². The molecule has 0 aromatic heterocycles. The van der Waals surface area contributed by atoms with Crippen LogP contribution in [0.3, 0.4) is 0 Å². The molecule has 3 rings (SSSR count). The number of benzene rings is 2. The minimum Gasteiger partial charge on any atom is -0.493 e. The summed E-state index contributed by atoms with van der Waals surface area (Å²) >= 11 is 0. The fourth-order valence-electron chi connectivity index (χ4n) is 2.85. The van der Waals surface area contributed by atoms with Crippen molar-refractivity contribution >= 4 is 21.5 Å². The number of methoxy groups -OCH3 is 2. The van der Waals surface area contributed by atoms with Gasteiger partial charge in [0, 0.05) is 12.5 Å². The summed E-state index contributed by atoms with van der Waals surface area (Å²) < 4.78 is 38.3. The van der Waals surface area contributed by atoms with E-state index < -0.39 is 10.0 Å². The summed E-state index contributed by atoms with van der Waals surface area (Å²) in [5.41, 5.74) is 1.37. The molecule has 0 bridgehead atoms. The van der Waals surface area contributed by atoms with Gasteiger partial charge in [0.05, 0.1) is 30.4 Å². The van der Waals surface area contributed by atoms with Crippen LogP contribution in [0.15, 0.2) is 41.3 Å². The van der Waals surface area contributed by atoms with E-state index in [1.54, 1.807) is 24.3 Å². The van der Waals surface area contributed by atoms with Crippen LogP contribution < -0.4 is 14.2 Å². The van der Waals surface area contributed by atoms with Crippen molar-refractivity contribution in [3.63, 3.8) is 0 Å². The number of hydrogen-bond donors (Lipinski definition) is 1. The Bertz CT molecular complexity index is 891. The second-order valence-corrected chi connectivity index (χ2v) is 7.04. The van der Waals surface area contributed by atoms with E-state index in [-0.39, 0.29) is 10.7 Å². The summed E-state index contributed by atoms with van der Waals surface area (Å²) in [5, 5.41) is 0. The summed E-state index contributed by atoms with van der Waals surface area (Å²) in [4.78, 5) is 12.3. The highest BCUT2D eigenvalue weighted by molar-refractivity contribution is 7.92. The molecule has 1 aliphatic rings. The van der Waals surface area contributed by atoms with Crippen molar-refractivity contribution in [1.82, 2.24) is 0 Å². The highest BCUT2D eigenvalue weighted by Gasteiger charge is 2.31. The zero-order valence-electron chi connectivity index (χ0n) is 13.3. The van der Waals surface area contributed by atoms with Crippen LogP contribution in [0.1, 0.15) is 22.3 Å². The number of carbonyl (C=O) groups excluding carboxylic acids is 1. The summed E-state index contributed by atoms with van der Waals surface area (Å²) in [6, 6.07) is 9.61. The number of sulfonamides is 1. The largest absolute Gasteiger partial charge is 0.493 e. The molecule has 0 saturated carbocycles. The summed E-state index contributed by atoms with van der Waals surface area (Å²) in [6.45, 7) is 0. The van der Waals surface area contributed by atoms with Crippen molar-refractivity contribution in [3.05, 3.63) is 47.5 Å². The first-order valence-electron chi connectivity index (χ1n) is 7.37. The molecule has 1 aliphatic carbocycles. The van der Waals surface area contributed by atoms with E-state index >= 15 is 0 Å². The first kappa shape index (κ1) is 16.3. The number of rotatable bonds is 5. The molecule has 0 heterocycles. The van der Waals surface area contributed by atoms with E-state index in [1.165, 1.54) is 26.4 Å². The summed E-state index contributed by atoms with van der Waals surface area (Å²) in [7, 11) is -0.855. The van der Waals surface area contributed by atoms with Crippen molar-refractivity contribution in [3.8, 4) is 11.5 Å². The lowest BCUT2D eigenvalue weighted by atomic mass is 10.1. The van der Waals surface area contributed by atoms with Gasteiger partial charge in [0.2, 0.25) is 0 Å². The fourth-order valence-corrected chi connectivity index (χ4v) is 3.95. The lowest BCUT2D eigenvalue weighted by molar-refractivity contribution is 0.0991. The first-order chi connectivity index (χ1) is 11.5. The SMILES string of the molecule is COc1cc(NS(=O)(=O)c2ccccc2)c2c(c1OC)C(=O)CC2. The summed E-state index contributed by atoms with van der Waals surface area (Å²) in [6.07, 6.45) is 0.778. The average molecular weight is 347 g/mol. The van der Waals surface area contributed by atoms with Crippen LogP contribution >= 0.6 is 0 Å². The van der Waals surface area contributed by atoms with E-state index in [0.29, 0.717) is 41.2 Å². The van der Waals surface area contributed by atoms with Gasteiger partial charge in [-0.15, -0.1) is 0 Å². The molecule has 6 nitrogen and oxygen atoms in total. The molecule has 0 unspecified atom stereocenters. The number of hydrogen-bond acceptors (Lipinski definition) is 5. The standard InChI is InChI=1S/C17H17NO5S/c1-22-15-10-13(12-8-9-14(19)16(12)17(15)23-2)18-24(20,21)11-6-4-3-5-7-11/h3-7,10,18H,8-9H2,1-2H3. The van der Waals surface area contributed by atoms with Crippen LogP contribution in [0.2, 0.25) is 0 Å². The van der Waals surface area contributed by atoms with Crippen LogP contribution in [0.5, 0.6) is 11.5 Å². The van der Waals surface area contributed by atoms with Gasteiger partial charge in [-0.25, -0.2) is 8.42 Å². The van der Waals surface area contributed by atoms with Gasteiger partial charge < -0.3 is 9.47 Å². The van der Waals surface area contributed by atoms with Crippen LogP contribution in [0, 0.1) is 0 Å². The van der Waals surface area contributed by atoms with E-state index in [2.05, 4.69) is 4.72 Å². The predicted molar refractivity (Wildman–Crippen MR) is 89.4 cm³/mol. The molecule has 2 aromatic rings. The normalized spacial score (nSPS) is 13.5. The molecule has 7 heteroatoms. The third kappa shape index (κ3) is 2.71. The van der Waals surface area contributed by atoms with Crippen molar-refractivity contribution < 1.29 is 22.7 Å². The van der Waals surface area contributed by atoms with Crippen molar-refractivity contribution in [2.24, 2.45) is 0 Å². The van der Waals surface area contributed by atoms with Crippen LogP contribution in [-0.4, -0.2) is 28.4 Å². The Hall–Kier alpha value is -2.54. The molecule has 1 N–H and O–H groups in total. The maximum atomic E-state index is 12.6. The fraction of sp³-hybridized carbons (Fsp3) is 0.235. The zero-order valence-corrected chi connectivity index (χ0v) is 14.1. The molecule has 0 aliphatic heterocycles. The maximum absolute atomic E-state index is 12.6. The minimum atomic E-state index is -3.75. The van der Waals surface area contributed by atoms with Crippen molar-refractivity contribution in [2.45, 2.75) is 17.7 Å². The molecule has 0 fully saturated rings. The zero-order chi connectivity index (χ0) is 17.3. The Morgan fingerprint density at radius 1 is 1.04 bits per heavy atom. The lowest BCUT2D eigenvalue weighted by Gasteiger charge is -2.17. The number of fused-ring (bicyclic) bond motifs is 1. The first-order valence-corrected chi connectivity index (χ1v) is 8.85. The quantitative estimate of drug-likeness (QED) is 0.899. The molecular weight excluding hydrogens is 330 g/mol. The van der Waals surface area contributed by atoms with Gasteiger partial charge in [0.1, 0.15) is 0 Å². The number of anilines is 1. The Balaban J connectivity index is 2.11. The van der Waals surface area contributed by atoms with E-state index in [1.807, 2.05) is 0 Å². The number of Topliss-reactive ketones (excluding diaryl/α,β-unsaturated/α-hetero) is 1. The number of nitrogens with one attached hydrogen (secondary N) is 1. The summed E-state index contributed by atoms with van der Waals surface area (Å²) in [5.74, 6) is 0.579. The second-order valence-electron chi connectivity index (χ2n) is 5.35. The average Bonchev–Trinajstić information content (AvgIpc) is 2.97. The highest BCUT2D eigenvalue weighted by atomic mass is 32.2. The van der Waals surface area contributed by atoms with Gasteiger partial charge >= 0.3 is 0 Å². The van der Waals surface area contributed by atoms with Crippen molar-refractivity contribution in [1.29, 1.82) is 0 Å². The van der Waals surface area contributed by atoms with Gasteiger partial charge in [-0.05, 0) is 24.1 Å². The Morgan fingerprint density at radius 2 is 1.75 bits per heavy atom. The third-order valence-electron chi connectivity index (χ3n) is 3.96. The maximum Gasteiger partial charge on any atom is 0.261 e. The van der Waals surface area contributed by atoms with Gasteiger partial charge in [-0.1, -0.05) is 18.2 Å². The Labute approximate surface area is 140 Å². The molecular formula is C17H17NO5S. The molecule has 0 amide bonds. The predicted octanol–water partition coefficient (Wildman–Crippen LogP) is 2.63. The molecule has 0 radical (unpaired) electrons. The van der Waals surface area contributed by atoms with Crippen LogP contribution in [-0.2, 0) is 16.4 Å². The van der Waals surface area contributed by atoms with E-state index in [0.717, 1.165) is 0 Å². The lowest BCUT2D eigenvalue weighted by Crippen LogP contribution is -2.15. The van der Waals surface area contributed by atoms with Gasteiger partial charge in [-0.2, -0.15) is 0 Å². The topological polar surface area (TPSA) is 81.7 Å². The number of carbonyl (C=O) groups is 1. The third-order valence-corrected chi connectivity index (χ3v) is 5.34. The molecule has 0 saturated heterocycles. The van der Waals surface area contributed by atoms with Crippen molar-refractivity contribution in [2.75, 3.05) is 18.9 Å². The highest BCUT2D eigenvalue weighted by Crippen LogP contribution is 2.43. The molecule has 126 valence electrons. The monoisotopic (exact) mass is 347 g/mol. The Kier molecular flexibility index (Phi) is 4.19. The van der Waals surface area contributed by atoms with Crippen LogP contribution in [0.4, 0.5) is 5.69 Å². The van der Waals surface area contributed by atoms with E-state index in [9.17, 15) is 13.2 Å². The molecule has 24 heavy (non-hydrogen) atoms. The van der Waals surface area contributed by atoms with E-state index in [4.69, 9.17) is 9.47 Å². The van der Waals surface area contributed by atoms with Gasteiger partial charge in [-0.3, -0.25) is 9.52 Å². The molecule has 2 aromatic carbocycles. The minimum absolute atomic E-state index is 0.0825. The second kappa shape index (κ2) is 6.16. The Morgan fingerprint density at radius 3 is 2.38 bits per heavy atom. The number of ketones is 1.